The van der Waals surface area contributed by atoms with Gasteiger partial charge in [-0.15, -0.1) is 23.7 Å². The van der Waals surface area contributed by atoms with Crippen LogP contribution in [-0.2, 0) is 10.0 Å². The summed E-state index contributed by atoms with van der Waals surface area (Å²) in [6, 6.07) is 1.54. The third kappa shape index (κ3) is 3.88. The van der Waals surface area contributed by atoms with Gasteiger partial charge in [0.15, 0.2) is 0 Å². The Balaban J connectivity index is 0.00000264. The number of sulfonamides is 1. The topological polar surface area (TPSA) is 83.7 Å². The number of nitrogens with two attached hydrogens (primary N) is 1. The Bertz CT molecular complexity index is 671. The van der Waals surface area contributed by atoms with E-state index in [4.69, 9.17) is 5.73 Å². The highest BCUT2D eigenvalue weighted by atomic mass is 35.5. The van der Waals surface area contributed by atoms with Crippen molar-refractivity contribution >= 4 is 39.7 Å². The van der Waals surface area contributed by atoms with Gasteiger partial charge in [-0.2, -0.15) is 0 Å². The molecule has 1 fully saturated rings. The van der Waals surface area contributed by atoms with Crippen LogP contribution in [0.2, 0.25) is 0 Å². The number of carbonyl (C=O) groups excluding carboxylic acids is 1. The first-order valence-corrected chi connectivity index (χ1v) is 9.44. The molecule has 6 nitrogen and oxygen atoms in total. The molecule has 0 saturated carbocycles. The second kappa shape index (κ2) is 7.06. The van der Waals surface area contributed by atoms with Gasteiger partial charge in [0.1, 0.15) is 9.77 Å². The van der Waals surface area contributed by atoms with Gasteiger partial charge in [-0.25, -0.2) is 12.7 Å². The molecule has 0 aliphatic carbocycles. The molecule has 0 aromatic carbocycles. The molecule has 9 heteroatoms. The summed E-state index contributed by atoms with van der Waals surface area (Å²) in [6.07, 6.45) is 0.722. The normalized spacial score (nSPS) is 21.1. The molecule has 0 radical (unpaired) electrons. The lowest BCUT2D eigenvalue weighted by Gasteiger charge is -2.42. The fraction of sp³-hybridized carbons (Fsp3) is 0.643. The lowest BCUT2D eigenvalue weighted by atomic mass is 9.79. The average Bonchev–Trinajstić information content (AvgIpc) is 2.90. The van der Waals surface area contributed by atoms with Crippen LogP contribution in [0.5, 0.6) is 0 Å². The lowest BCUT2D eigenvalue weighted by Crippen LogP contribution is -2.54. The Morgan fingerprint density at radius 1 is 1.43 bits per heavy atom. The van der Waals surface area contributed by atoms with Crippen LogP contribution in [-0.4, -0.2) is 56.8 Å². The third-order valence-corrected chi connectivity index (χ3v) is 7.07. The quantitative estimate of drug-likeness (QED) is 0.862. The molecular formula is C14H24ClN3O3S2. The van der Waals surface area contributed by atoms with Crippen molar-refractivity contribution in [2.24, 2.45) is 11.1 Å². The highest BCUT2D eigenvalue weighted by Gasteiger charge is 2.37. The van der Waals surface area contributed by atoms with Crippen molar-refractivity contribution in [3.8, 4) is 0 Å². The molecule has 0 bridgehead atoms. The van der Waals surface area contributed by atoms with E-state index >= 15 is 0 Å². The summed E-state index contributed by atoms with van der Waals surface area (Å²) < 4.78 is 25.8. The van der Waals surface area contributed by atoms with E-state index in [9.17, 15) is 13.2 Å². The van der Waals surface area contributed by atoms with Gasteiger partial charge < -0.3 is 10.6 Å². The summed E-state index contributed by atoms with van der Waals surface area (Å²) >= 11 is 1.17. The van der Waals surface area contributed by atoms with Gasteiger partial charge in [0.05, 0.1) is 0 Å². The largest absolute Gasteiger partial charge is 0.337 e. The smallest absolute Gasteiger partial charge is 0.265 e. The fourth-order valence-electron chi connectivity index (χ4n) is 2.54. The van der Waals surface area contributed by atoms with Gasteiger partial charge in [0, 0.05) is 33.2 Å². The number of thiophene rings is 1. The van der Waals surface area contributed by atoms with E-state index in [1.807, 2.05) is 13.8 Å². The second-order valence-electron chi connectivity index (χ2n) is 6.51. The number of piperidine rings is 1. The minimum atomic E-state index is -3.62. The van der Waals surface area contributed by atoms with Gasteiger partial charge in [0.25, 0.3) is 5.91 Å². The zero-order chi connectivity index (χ0) is 16.7. The molecule has 0 spiro atoms. The maximum Gasteiger partial charge on any atom is 0.265 e. The van der Waals surface area contributed by atoms with E-state index in [0.29, 0.717) is 13.1 Å². The SMILES string of the molecule is CN(C)S(=O)(=O)c1ccsc1C(=O)N1CCC(N)C(C)(C)C1.Cl. The zero-order valence-electron chi connectivity index (χ0n) is 13.8. The summed E-state index contributed by atoms with van der Waals surface area (Å²) in [5, 5.41) is 1.64. The highest BCUT2D eigenvalue weighted by molar-refractivity contribution is 7.89. The van der Waals surface area contributed by atoms with Crippen LogP contribution in [0.25, 0.3) is 0 Å². The summed E-state index contributed by atoms with van der Waals surface area (Å²) in [5.41, 5.74) is 5.92. The number of carbonyl (C=O) groups is 1. The van der Waals surface area contributed by atoms with Crippen LogP contribution in [0.1, 0.15) is 29.9 Å². The van der Waals surface area contributed by atoms with Crippen LogP contribution < -0.4 is 5.73 Å². The summed E-state index contributed by atoms with van der Waals surface area (Å²) in [5.74, 6) is -0.226. The van der Waals surface area contributed by atoms with Crippen LogP contribution in [0.3, 0.4) is 0 Å². The van der Waals surface area contributed by atoms with Gasteiger partial charge in [-0.3, -0.25) is 4.79 Å². The Labute approximate surface area is 148 Å². The van der Waals surface area contributed by atoms with E-state index < -0.39 is 10.0 Å². The van der Waals surface area contributed by atoms with Crippen molar-refractivity contribution in [1.82, 2.24) is 9.21 Å². The number of amides is 1. The van der Waals surface area contributed by atoms with Crippen LogP contribution in [0.4, 0.5) is 0 Å². The summed E-state index contributed by atoms with van der Waals surface area (Å²) in [6.45, 7) is 5.15. The summed E-state index contributed by atoms with van der Waals surface area (Å²) in [4.78, 5) is 14.8. The van der Waals surface area contributed by atoms with Crippen molar-refractivity contribution in [3.63, 3.8) is 0 Å². The molecule has 23 heavy (non-hydrogen) atoms. The van der Waals surface area contributed by atoms with E-state index in [0.717, 1.165) is 10.7 Å². The van der Waals surface area contributed by atoms with Crippen molar-refractivity contribution in [1.29, 1.82) is 0 Å². The van der Waals surface area contributed by atoms with Gasteiger partial charge >= 0.3 is 0 Å². The van der Waals surface area contributed by atoms with Gasteiger partial charge in [-0.1, -0.05) is 13.8 Å². The molecule has 2 N–H and O–H groups in total. The molecule has 1 atom stereocenters. The van der Waals surface area contributed by atoms with E-state index in [1.54, 1.807) is 10.3 Å². The van der Waals surface area contributed by atoms with E-state index in [2.05, 4.69) is 0 Å². The molecule has 1 aliphatic rings. The zero-order valence-corrected chi connectivity index (χ0v) is 16.2. The Morgan fingerprint density at radius 3 is 2.57 bits per heavy atom. The molecule has 1 aliphatic heterocycles. The van der Waals surface area contributed by atoms with Crippen molar-refractivity contribution < 1.29 is 13.2 Å². The van der Waals surface area contributed by atoms with Gasteiger partial charge in [0.2, 0.25) is 10.0 Å². The standard InChI is InChI=1S/C14H23N3O3S2.ClH/c1-14(2)9-17(7-5-11(14)15)13(18)12-10(6-8-21-12)22(19,20)16(3)4;/h6,8,11H,5,7,9,15H2,1-4H3;1H. The Morgan fingerprint density at radius 2 is 2.04 bits per heavy atom. The molecular weight excluding hydrogens is 358 g/mol. The fourth-order valence-corrected chi connectivity index (χ4v) is 4.80. The minimum Gasteiger partial charge on any atom is -0.337 e. The average molecular weight is 382 g/mol. The first kappa shape index (κ1) is 20.4. The molecule has 2 rings (SSSR count). The molecule has 1 aromatic heterocycles. The predicted octanol–water partition coefficient (Wildman–Crippen LogP) is 1.62. The van der Waals surface area contributed by atoms with Crippen molar-refractivity contribution in [2.75, 3.05) is 27.2 Å². The first-order chi connectivity index (χ1) is 10.1. The molecule has 1 unspecified atom stereocenters. The van der Waals surface area contributed by atoms with Crippen molar-refractivity contribution in [3.05, 3.63) is 16.3 Å². The number of likely N-dealkylation sites (tertiary alicyclic amines) is 1. The number of nitrogens with zero attached hydrogens (tertiary/aromatic N) is 2. The highest BCUT2D eigenvalue weighted by Crippen LogP contribution is 2.31. The van der Waals surface area contributed by atoms with E-state index in [-0.39, 0.29) is 39.5 Å². The number of hydrogen-bond donors (Lipinski definition) is 1. The van der Waals surface area contributed by atoms with Crippen molar-refractivity contribution in [2.45, 2.75) is 31.2 Å². The summed E-state index contributed by atoms with van der Waals surface area (Å²) in [7, 11) is -0.691. The monoisotopic (exact) mass is 381 g/mol. The first-order valence-electron chi connectivity index (χ1n) is 7.12. The Hall–Kier alpha value is -0.670. The Kier molecular flexibility index (Phi) is 6.26. The maximum absolute atomic E-state index is 12.8. The maximum atomic E-state index is 12.8. The second-order valence-corrected chi connectivity index (χ2v) is 9.55. The van der Waals surface area contributed by atoms with Crippen LogP contribution in [0, 0.1) is 5.41 Å². The molecule has 2 heterocycles. The lowest BCUT2D eigenvalue weighted by molar-refractivity contribution is 0.0534. The number of halogens is 1. The molecule has 1 amide bonds. The number of hydrogen-bond acceptors (Lipinski definition) is 5. The minimum absolute atomic E-state index is 0. The molecule has 132 valence electrons. The van der Waals surface area contributed by atoms with Crippen LogP contribution >= 0.6 is 23.7 Å². The van der Waals surface area contributed by atoms with Gasteiger partial charge in [-0.05, 0) is 23.3 Å². The third-order valence-electron chi connectivity index (χ3n) is 4.18. The van der Waals surface area contributed by atoms with Crippen LogP contribution in [0.15, 0.2) is 16.3 Å². The number of rotatable bonds is 3. The molecule has 1 saturated heterocycles. The molecule has 1 aromatic rings. The van der Waals surface area contributed by atoms with E-state index in [1.165, 1.54) is 31.5 Å². The predicted molar refractivity (Wildman–Crippen MR) is 94.7 cm³/mol.